The van der Waals surface area contributed by atoms with Gasteiger partial charge in [-0.05, 0) is 11.4 Å². The maximum absolute atomic E-state index is 12.2. The van der Waals surface area contributed by atoms with Crippen LogP contribution in [0.25, 0.3) is 0 Å². The summed E-state index contributed by atoms with van der Waals surface area (Å²) in [4.78, 5) is 28.9. The van der Waals surface area contributed by atoms with E-state index in [9.17, 15) is 9.59 Å². The zero-order valence-electron chi connectivity index (χ0n) is 12.2. The molecule has 116 valence electrons. The Morgan fingerprint density at radius 1 is 1.23 bits per heavy atom. The highest BCUT2D eigenvalue weighted by Crippen LogP contribution is 2.13. The van der Waals surface area contributed by atoms with Crippen LogP contribution in [-0.2, 0) is 11.2 Å². The highest BCUT2D eigenvalue weighted by molar-refractivity contribution is 7.10. The Hall–Kier alpha value is -2.22. The number of piperazine rings is 1. The highest BCUT2D eigenvalue weighted by Gasteiger charge is 2.27. The first-order chi connectivity index (χ1) is 10.6. The summed E-state index contributed by atoms with van der Waals surface area (Å²) in [5, 5.41) is 9.36. The number of rotatable bonds is 3. The molecule has 1 fully saturated rings. The summed E-state index contributed by atoms with van der Waals surface area (Å²) < 4.78 is 5.15. The van der Waals surface area contributed by atoms with Gasteiger partial charge in [-0.1, -0.05) is 6.07 Å². The van der Waals surface area contributed by atoms with Gasteiger partial charge < -0.3 is 14.2 Å². The van der Waals surface area contributed by atoms with Crippen molar-refractivity contribution in [2.24, 2.45) is 0 Å². The van der Waals surface area contributed by atoms with E-state index in [-0.39, 0.29) is 17.7 Å². The number of aromatic nitrogens is 2. The monoisotopic (exact) mass is 320 g/mol. The average molecular weight is 320 g/mol. The fourth-order valence-electron chi connectivity index (χ4n) is 2.35. The summed E-state index contributed by atoms with van der Waals surface area (Å²) >= 11 is 1.58. The summed E-state index contributed by atoms with van der Waals surface area (Å²) in [5.74, 6) is 0.207. The van der Waals surface area contributed by atoms with E-state index in [0.717, 1.165) is 4.88 Å². The molecule has 0 saturated carbocycles. The summed E-state index contributed by atoms with van der Waals surface area (Å²) in [5.41, 5.74) is 0. The molecule has 22 heavy (non-hydrogen) atoms. The van der Waals surface area contributed by atoms with Crippen molar-refractivity contribution in [3.63, 3.8) is 0 Å². The molecule has 2 amide bonds. The highest BCUT2D eigenvalue weighted by atomic mass is 32.1. The predicted molar refractivity (Wildman–Crippen MR) is 79.5 cm³/mol. The Kier molecular flexibility index (Phi) is 4.19. The van der Waals surface area contributed by atoms with Crippen molar-refractivity contribution in [1.82, 2.24) is 20.0 Å². The molecule has 1 aliphatic rings. The fourth-order valence-corrected chi connectivity index (χ4v) is 3.05. The molecule has 1 saturated heterocycles. The molecule has 0 atom stereocenters. The van der Waals surface area contributed by atoms with Crippen molar-refractivity contribution in [3.8, 4) is 0 Å². The van der Waals surface area contributed by atoms with E-state index >= 15 is 0 Å². The Morgan fingerprint density at radius 2 is 1.95 bits per heavy atom. The van der Waals surface area contributed by atoms with Crippen molar-refractivity contribution >= 4 is 23.2 Å². The molecule has 2 aromatic heterocycles. The van der Waals surface area contributed by atoms with Crippen molar-refractivity contribution in [2.75, 3.05) is 26.2 Å². The third-order valence-electron chi connectivity index (χ3n) is 3.53. The van der Waals surface area contributed by atoms with Crippen LogP contribution in [0.4, 0.5) is 0 Å². The molecule has 0 aromatic carbocycles. The minimum atomic E-state index is -0.272. The van der Waals surface area contributed by atoms with Crippen LogP contribution < -0.4 is 0 Å². The molecular weight excluding hydrogens is 304 g/mol. The molecule has 0 bridgehead atoms. The van der Waals surface area contributed by atoms with Gasteiger partial charge in [0.15, 0.2) is 0 Å². The number of thiophene rings is 1. The minimum absolute atomic E-state index is 0.0101. The van der Waals surface area contributed by atoms with Gasteiger partial charge in [0, 0.05) is 38.0 Å². The lowest BCUT2D eigenvalue weighted by atomic mass is 10.2. The van der Waals surface area contributed by atoms with E-state index in [2.05, 4.69) is 10.2 Å². The average Bonchev–Trinajstić information content (AvgIpc) is 3.18. The van der Waals surface area contributed by atoms with E-state index < -0.39 is 0 Å². The van der Waals surface area contributed by atoms with Crippen LogP contribution in [0, 0.1) is 6.92 Å². The minimum Gasteiger partial charge on any atom is -0.417 e. The number of nitrogens with zero attached hydrogens (tertiary/aromatic N) is 4. The van der Waals surface area contributed by atoms with E-state index in [1.165, 1.54) is 0 Å². The molecular formula is C14H16N4O3S. The van der Waals surface area contributed by atoms with Gasteiger partial charge >= 0.3 is 11.8 Å². The molecule has 0 N–H and O–H groups in total. The zero-order valence-corrected chi connectivity index (χ0v) is 13.0. The standard InChI is InChI=1S/C14H16N4O3S/c1-10-15-16-13(21-10)14(20)18-6-4-17(5-7-18)12(19)9-11-3-2-8-22-11/h2-3,8H,4-7,9H2,1H3. The van der Waals surface area contributed by atoms with Gasteiger partial charge in [-0.2, -0.15) is 0 Å². The van der Waals surface area contributed by atoms with Gasteiger partial charge in [-0.3, -0.25) is 9.59 Å². The number of hydrogen-bond donors (Lipinski definition) is 0. The molecule has 0 spiro atoms. The van der Waals surface area contributed by atoms with Crippen LogP contribution in [0.15, 0.2) is 21.9 Å². The quantitative estimate of drug-likeness (QED) is 0.842. The van der Waals surface area contributed by atoms with Gasteiger partial charge in [-0.25, -0.2) is 0 Å². The first-order valence-corrected chi connectivity index (χ1v) is 7.91. The molecule has 8 heteroatoms. The summed E-state index contributed by atoms with van der Waals surface area (Å²) in [6, 6.07) is 3.90. The number of carbonyl (C=O) groups is 2. The van der Waals surface area contributed by atoms with Gasteiger partial charge in [0.2, 0.25) is 11.8 Å². The van der Waals surface area contributed by atoms with Crippen molar-refractivity contribution in [2.45, 2.75) is 13.3 Å². The Labute approximate surface area is 131 Å². The second-order valence-corrected chi connectivity index (χ2v) is 6.09. The lowest BCUT2D eigenvalue weighted by molar-refractivity contribution is -0.131. The lowest BCUT2D eigenvalue weighted by Crippen LogP contribution is -2.51. The van der Waals surface area contributed by atoms with Gasteiger partial charge in [0.1, 0.15) is 0 Å². The second kappa shape index (κ2) is 6.27. The fraction of sp³-hybridized carbons (Fsp3) is 0.429. The Balaban J connectivity index is 1.54. The molecule has 0 radical (unpaired) electrons. The molecule has 1 aliphatic heterocycles. The molecule has 7 nitrogen and oxygen atoms in total. The topological polar surface area (TPSA) is 79.5 Å². The number of aryl methyl sites for hydroxylation is 1. The SMILES string of the molecule is Cc1nnc(C(=O)N2CCN(C(=O)Cc3cccs3)CC2)o1. The third kappa shape index (κ3) is 3.16. The number of hydrogen-bond acceptors (Lipinski definition) is 6. The molecule has 3 rings (SSSR count). The van der Waals surface area contributed by atoms with Gasteiger partial charge in [0.05, 0.1) is 6.42 Å². The molecule has 2 aromatic rings. The summed E-state index contributed by atoms with van der Waals surface area (Å²) in [6.45, 7) is 3.67. The first-order valence-electron chi connectivity index (χ1n) is 7.03. The van der Waals surface area contributed by atoms with Crippen LogP contribution in [0.2, 0.25) is 0 Å². The second-order valence-electron chi connectivity index (χ2n) is 5.06. The summed E-state index contributed by atoms with van der Waals surface area (Å²) in [7, 11) is 0. The van der Waals surface area contributed by atoms with Crippen LogP contribution in [0.1, 0.15) is 21.5 Å². The van der Waals surface area contributed by atoms with E-state index in [4.69, 9.17) is 4.42 Å². The largest absolute Gasteiger partial charge is 0.417 e. The Bertz CT molecular complexity index is 659. The van der Waals surface area contributed by atoms with Crippen LogP contribution in [-0.4, -0.2) is 58.0 Å². The van der Waals surface area contributed by atoms with Gasteiger partial charge in [0.25, 0.3) is 0 Å². The number of amides is 2. The van der Waals surface area contributed by atoms with Crippen molar-refractivity contribution in [3.05, 3.63) is 34.2 Å². The van der Waals surface area contributed by atoms with E-state index in [1.807, 2.05) is 17.5 Å². The van der Waals surface area contributed by atoms with Gasteiger partial charge in [-0.15, -0.1) is 21.5 Å². The molecule has 0 unspecified atom stereocenters. The zero-order chi connectivity index (χ0) is 15.5. The third-order valence-corrected chi connectivity index (χ3v) is 4.41. The smallest absolute Gasteiger partial charge is 0.311 e. The maximum Gasteiger partial charge on any atom is 0.311 e. The van der Waals surface area contributed by atoms with Crippen molar-refractivity contribution < 1.29 is 14.0 Å². The van der Waals surface area contributed by atoms with Crippen LogP contribution in [0.5, 0.6) is 0 Å². The first kappa shape index (κ1) is 14.7. The predicted octanol–water partition coefficient (Wildman–Crippen LogP) is 0.967. The van der Waals surface area contributed by atoms with Crippen LogP contribution >= 0.6 is 11.3 Å². The van der Waals surface area contributed by atoms with Crippen LogP contribution in [0.3, 0.4) is 0 Å². The number of carbonyl (C=O) groups excluding carboxylic acids is 2. The van der Waals surface area contributed by atoms with E-state index in [1.54, 1.807) is 28.1 Å². The molecule has 0 aliphatic carbocycles. The Morgan fingerprint density at radius 3 is 2.55 bits per heavy atom. The summed E-state index contributed by atoms with van der Waals surface area (Å²) in [6.07, 6.45) is 0.425. The maximum atomic E-state index is 12.2. The lowest BCUT2D eigenvalue weighted by Gasteiger charge is -2.34. The van der Waals surface area contributed by atoms with Crippen molar-refractivity contribution in [1.29, 1.82) is 0 Å². The normalized spacial score (nSPS) is 15.1. The molecule has 3 heterocycles. The van der Waals surface area contributed by atoms with E-state index in [0.29, 0.717) is 38.5 Å².